The molecule has 0 radical (unpaired) electrons. The van der Waals surface area contributed by atoms with Crippen LogP contribution in [-0.4, -0.2) is 93.5 Å². The molecule has 2 fully saturated rings. The monoisotopic (exact) mass is 674 g/mol. The third-order valence-corrected chi connectivity index (χ3v) is 11.3. The van der Waals surface area contributed by atoms with Crippen molar-refractivity contribution in [3.05, 3.63) is 89.2 Å². The Hall–Kier alpha value is -4.51. The predicted molar refractivity (Wildman–Crippen MR) is 177 cm³/mol. The van der Waals surface area contributed by atoms with Crippen LogP contribution >= 0.6 is 0 Å². The van der Waals surface area contributed by atoms with E-state index in [-0.39, 0.29) is 34.7 Å². The van der Waals surface area contributed by atoms with Gasteiger partial charge in [-0.15, -0.1) is 0 Å². The summed E-state index contributed by atoms with van der Waals surface area (Å²) < 4.78 is 49.8. The van der Waals surface area contributed by atoms with E-state index in [2.05, 4.69) is 28.1 Å². The molecule has 48 heavy (non-hydrogen) atoms. The molecule has 0 saturated carbocycles. The number of carbonyl (C=O) groups is 2. The van der Waals surface area contributed by atoms with Crippen molar-refractivity contribution in [3.8, 4) is 11.8 Å². The molecule has 11 nitrogen and oxygen atoms in total. The van der Waals surface area contributed by atoms with Crippen LogP contribution in [0.2, 0.25) is 0 Å². The van der Waals surface area contributed by atoms with Crippen molar-refractivity contribution in [2.45, 2.75) is 43.2 Å². The zero-order valence-electron chi connectivity index (χ0n) is 27.1. The lowest BCUT2D eigenvalue weighted by atomic mass is 9.82. The third-order valence-electron chi connectivity index (χ3n) is 9.62. The minimum atomic E-state index is -4.83. The fourth-order valence-electron chi connectivity index (χ4n) is 7.08. The maximum atomic E-state index is 15.0. The molecule has 0 aliphatic carbocycles. The van der Waals surface area contributed by atoms with Crippen molar-refractivity contribution < 1.29 is 27.1 Å². The Morgan fingerprint density at radius 2 is 1.67 bits per heavy atom. The fraction of sp³-hybridized carbons (Fsp3) is 0.400. The van der Waals surface area contributed by atoms with E-state index >= 15 is 4.39 Å². The summed E-state index contributed by atoms with van der Waals surface area (Å²) in [6, 6.07) is 17.3. The number of nitrogens with zero attached hydrogens (tertiary/aromatic N) is 5. The van der Waals surface area contributed by atoms with Crippen molar-refractivity contribution in [1.82, 2.24) is 20.0 Å². The standard InChI is InChI=1S/C35H39FN6O5S/c1-3-39-19-21-40(22-20-39)26-15-17-41(18-16-26)34(44)38-35(27-9-5-7-11-31(27)47-4-2)28-23-25(24-37)13-14-30(28)42(33(35)43)48(45,46)32-12-8-6-10-29(32)36/h5-14,23,26H,3-4,15-22H2,1-2H3,(H,38,44). The van der Waals surface area contributed by atoms with E-state index < -0.39 is 38.2 Å². The van der Waals surface area contributed by atoms with Crippen LogP contribution in [0.15, 0.2) is 71.6 Å². The number of hydrogen-bond acceptors (Lipinski definition) is 8. The number of nitrogens with one attached hydrogen (secondary N) is 1. The lowest BCUT2D eigenvalue weighted by Gasteiger charge is -2.43. The van der Waals surface area contributed by atoms with Crippen molar-refractivity contribution in [3.63, 3.8) is 0 Å². The Bertz CT molecular complexity index is 1850. The fourth-order valence-corrected chi connectivity index (χ4v) is 8.61. The molecule has 2 saturated heterocycles. The highest BCUT2D eigenvalue weighted by atomic mass is 32.2. The number of ether oxygens (including phenoxy) is 1. The first-order chi connectivity index (χ1) is 23.1. The number of amides is 3. The molecule has 3 aliphatic rings. The van der Waals surface area contributed by atoms with Crippen molar-refractivity contribution >= 4 is 27.6 Å². The highest BCUT2D eigenvalue weighted by Gasteiger charge is 2.59. The number of piperazine rings is 1. The Kier molecular flexibility index (Phi) is 9.42. The normalized spacial score (nSPS) is 20.8. The molecular formula is C35H39FN6O5S. The molecule has 3 aromatic rings. The maximum Gasteiger partial charge on any atom is 0.318 e. The molecule has 1 N–H and O–H groups in total. The number of carbonyl (C=O) groups excluding carboxylic acids is 2. The van der Waals surface area contributed by atoms with E-state index in [1.54, 1.807) is 36.1 Å². The summed E-state index contributed by atoms with van der Waals surface area (Å²) in [5.41, 5.74) is -1.83. The number of rotatable bonds is 8. The molecule has 3 aromatic carbocycles. The number of hydrogen-bond donors (Lipinski definition) is 1. The topological polar surface area (TPSA) is 126 Å². The summed E-state index contributed by atoms with van der Waals surface area (Å²) >= 11 is 0. The van der Waals surface area contributed by atoms with Gasteiger partial charge in [0.05, 0.1) is 23.9 Å². The molecule has 13 heteroatoms. The van der Waals surface area contributed by atoms with Crippen LogP contribution in [0.4, 0.5) is 14.9 Å². The van der Waals surface area contributed by atoms with Gasteiger partial charge >= 0.3 is 6.03 Å². The lowest BCUT2D eigenvalue weighted by Crippen LogP contribution is -2.59. The van der Waals surface area contributed by atoms with Gasteiger partial charge in [0.1, 0.15) is 16.5 Å². The van der Waals surface area contributed by atoms with Crippen LogP contribution in [-0.2, 0) is 20.4 Å². The smallest absolute Gasteiger partial charge is 0.318 e. The van der Waals surface area contributed by atoms with Crippen LogP contribution in [0.3, 0.4) is 0 Å². The summed E-state index contributed by atoms with van der Waals surface area (Å²) in [5.74, 6) is -1.83. The number of halogens is 1. The summed E-state index contributed by atoms with van der Waals surface area (Å²) in [5, 5.41) is 12.8. The predicted octanol–water partition coefficient (Wildman–Crippen LogP) is 3.89. The molecule has 252 valence electrons. The molecule has 3 aliphatic heterocycles. The van der Waals surface area contributed by atoms with Crippen LogP contribution < -0.4 is 14.4 Å². The van der Waals surface area contributed by atoms with Crippen molar-refractivity contribution in [2.24, 2.45) is 0 Å². The number of fused-ring (bicyclic) bond motifs is 1. The van der Waals surface area contributed by atoms with E-state index in [0.29, 0.717) is 23.4 Å². The second-order valence-electron chi connectivity index (χ2n) is 12.1. The van der Waals surface area contributed by atoms with Gasteiger partial charge in [-0.25, -0.2) is 17.6 Å². The maximum absolute atomic E-state index is 15.0. The molecule has 0 bridgehead atoms. The van der Waals surface area contributed by atoms with Crippen LogP contribution in [0.25, 0.3) is 0 Å². The first-order valence-electron chi connectivity index (χ1n) is 16.3. The van der Waals surface area contributed by atoms with Gasteiger partial charge < -0.3 is 19.9 Å². The number of likely N-dealkylation sites (N-methyl/N-ethyl adjacent to an activating group) is 1. The molecule has 0 aromatic heterocycles. The van der Waals surface area contributed by atoms with Gasteiger partial charge in [0.2, 0.25) is 0 Å². The minimum absolute atomic E-state index is 0.0654. The second-order valence-corrected chi connectivity index (χ2v) is 13.9. The molecule has 3 amide bonds. The average Bonchev–Trinajstić information content (AvgIpc) is 3.36. The van der Waals surface area contributed by atoms with Gasteiger partial charge in [-0.3, -0.25) is 9.69 Å². The Balaban J connectivity index is 1.41. The first kappa shape index (κ1) is 33.4. The lowest BCUT2D eigenvalue weighted by molar-refractivity contribution is -0.121. The van der Waals surface area contributed by atoms with E-state index in [0.717, 1.165) is 57.7 Å². The number of sulfonamides is 1. The van der Waals surface area contributed by atoms with Gasteiger partial charge in [0.25, 0.3) is 15.9 Å². The minimum Gasteiger partial charge on any atom is -0.493 e. The average molecular weight is 675 g/mol. The molecular weight excluding hydrogens is 635 g/mol. The van der Waals surface area contributed by atoms with Gasteiger partial charge in [0, 0.05) is 56.4 Å². The van der Waals surface area contributed by atoms with E-state index in [1.807, 2.05) is 0 Å². The van der Waals surface area contributed by atoms with Gasteiger partial charge in [-0.05, 0) is 62.7 Å². The van der Waals surface area contributed by atoms with E-state index in [1.165, 1.54) is 30.3 Å². The quantitative estimate of drug-likeness (QED) is 0.382. The number of nitriles is 1. The van der Waals surface area contributed by atoms with E-state index in [4.69, 9.17) is 4.74 Å². The summed E-state index contributed by atoms with van der Waals surface area (Å²) in [6.07, 6.45) is 1.50. The number of benzene rings is 3. The SMILES string of the molecule is CCOc1ccccc1C1(NC(=O)N2CCC(N3CCN(CC)CC3)CC2)C(=O)N(S(=O)(=O)c2ccccc2F)c2ccc(C#N)cc21. The zero-order valence-corrected chi connectivity index (χ0v) is 27.9. The Morgan fingerprint density at radius 1 is 0.979 bits per heavy atom. The van der Waals surface area contributed by atoms with Gasteiger partial charge in [-0.1, -0.05) is 37.3 Å². The molecule has 1 unspecified atom stereocenters. The van der Waals surface area contributed by atoms with Gasteiger partial charge in [-0.2, -0.15) is 9.57 Å². The number of para-hydroxylation sites is 1. The number of piperidine rings is 1. The highest BCUT2D eigenvalue weighted by molar-refractivity contribution is 7.93. The Morgan fingerprint density at radius 3 is 2.33 bits per heavy atom. The molecule has 0 spiro atoms. The van der Waals surface area contributed by atoms with Crippen LogP contribution in [0, 0.1) is 17.1 Å². The highest BCUT2D eigenvalue weighted by Crippen LogP contribution is 2.49. The summed E-state index contributed by atoms with van der Waals surface area (Å²) in [6.45, 7) is 10.0. The number of urea groups is 1. The van der Waals surface area contributed by atoms with Crippen LogP contribution in [0.1, 0.15) is 43.4 Å². The van der Waals surface area contributed by atoms with Crippen molar-refractivity contribution in [1.29, 1.82) is 5.26 Å². The number of anilines is 1. The summed E-state index contributed by atoms with van der Waals surface area (Å²) in [7, 11) is -4.83. The molecule has 1 atom stereocenters. The zero-order chi connectivity index (χ0) is 34.1. The first-order valence-corrected chi connectivity index (χ1v) is 17.7. The number of likely N-dealkylation sites (tertiary alicyclic amines) is 1. The van der Waals surface area contributed by atoms with Crippen LogP contribution in [0.5, 0.6) is 5.75 Å². The third kappa shape index (κ3) is 5.78. The summed E-state index contributed by atoms with van der Waals surface area (Å²) in [4.78, 5) is 35.0. The molecule has 3 heterocycles. The Labute approximate surface area is 280 Å². The van der Waals surface area contributed by atoms with E-state index in [9.17, 15) is 23.3 Å². The second kappa shape index (κ2) is 13.5. The largest absolute Gasteiger partial charge is 0.493 e. The van der Waals surface area contributed by atoms with Gasteiger partial charge in [0.15, 0.2) is 5.54 Å². The molecule has 6 rings (SSSR count). The van der Waals surface area contributed by atoms with Crippen molar-refractivity contribution in [2.75, 3.05) is 56.7 Å².